The number of benzene rings is 1. The van der Waals surface area contributed by atoms with Gasteiger partial charge in [-0.25, -0.2) is 4.79 Å². The minimum absolute atomic E-state index is 0.0109. The Balaban J connectivity index is 2.37. The molecule has 6 nitrogen and oxygen atoms in total. The Kier molecular flexibility index (Phi) is 3.29. The van der Waals surface area contributed by atoms with Crippen LogP contribution in [-0.2, 0) is 15.1 Å². The molecule has 0 saturated carbocycles. The van der Waals surface area contributed by atoms with E-state index >= 15 is 0 Å². The van der Waals surface area contributed by atoms with Gasteiger partial charge in [-0.3, -0.25) is 15.4 Å². The molecule has 1 heterocycles. The topological polar surface area (TPSA) is 81.5 Å². The van der Waals surface area contributed by atoms with Crippen molar-refractivity contribution in [2.24, 2.45) is 0 Å². The number of nitro groups is 1. The third kappa shape index (κ3) is 1.95. The van der Waals surface area contributed by atoms with Gasteiger partial charge in [0.05, 0.1) is 12.0 Å². The van der Waals surface area contributed by atoms with Crippen molar-refractivity contribution < 1.29 is 14.5 Å². The number of carbonyl (C=O) groups is 1. The van der Waals surface area contributed by atoms with Crippen LogP contribution in [0.15, 0.2) is 24.3 Å². The number of nitrogens with zero attached hydrogens (tertiary/aromatic N) is 1. The summed E-state index contributed by atoms with van der Waals surface area (Å²) in [5, 5.41) is 13.7. The van der Waals surface area contributed by atoms with Gasteiger partial charge in [-0.15, -0.1) is 0 Å². The van der Waals surface area contributed by atoms with E-state index in [2.05, 4.69) is 5.32 Å². The summed E-state index contributed by atoms with van der Waals surface area (Å²) < 4.78 is 4.83. The summed E-state index contributed by atoms with van der Waals surface area (Å²) in [6.45, 7) is 0.728. The van der Waals surface area contributed by atoms with Crippen LogP contribution in [0.5, 0.6) is 0 Å². The maximum Gasteiger partial charge on any atom is 0.330 e. The van der Waals surface area contributed by atoms with E-state index in [4.69, 9.17) is 4.74 Å². The van der Waals surface area contributed by atoms with Crippen molar-refractivity contribution in [2.45, 2.75) is 18.4 Å². The number of non-ortho nitro benzene ring substituents is 1. The van der Waals surface area contributed by atoms with Crippen LogP contribution in [0.2, 0.25) is 0 Å². The number of ether oxygens (including phenoxy) is 1. The molecule has 96 valence electrons. The van der Waals surface area contributed by atoms with Gasteiger partial charge in [0.15, 0.2) is 0 Å². The number of rotatable bonds is 3. The van der Waals surface area contributed by atoms with Crippen molar-refractivity contribution in [1.82, 2.24) is 5.32 Å². The fourth-order valence-corrected chi connectivity index (χ4v) is 2.32. The molecule has 1 aliphatic heterocycles. The van der Waals surface area contributed by atoms with Crippen molar-refractivity contribution in [3.05, 3.63) is 39.9 Å². The zero-order valence-corrected chi connectivity index (χ0v) is 10.0. The number of methoxy groups -OCH3 is 1. The Morgan fingerprint density at radius 2 is 2.11 bits per heavy atom. The van der Waals surface area contributed by atoms with Crippen LogP contribution >= 0.6 is 0 Å². The fourth-order valence-electron chi connectivity index (χ4n) is 2.32. The number of carbonyl (C=O) groups excluding carboxylic acids is 1. The van der Waals surface area contributed by atoms with Crippen molar-refractivity contribution in [3.63, 3.8) is 0 Å². The van der Waals surface area contributed by atoms with E-state index in [0.29, 0.717) is 12.0 Å². The summed E-state index contributed by atoms with van der Waals surface area (Å²) in [7, 11) is 1.34. The van der Waals surface area contributed by atoms with Crippen molar-refractivity contribution in [3.8, 4) is 0 Å². The first-order valence-electron chi connectivity index (χ1n) is 5.68. The second-order valence-electron chi connectivity index (χ2n) is 4.23. The predicted octanol–water partition coefficient (Wildman–Crippen LogP) is 1.35. The Hall–Kier alpha value is -1.95. The van der Waals surface area contributed by atoms with E-state index in [1.54, 1.807) is 12.1 Å². The van der Waals surface area contributed by atoms with Gasteiger partial charge in [0.1, 0.15) is 5.54 Å². The second-order valence-corrected chi connectivity index (χ2v) is 4.23. The summed E-state index contributed by atoms with van der Waals surface area (Å²) in [5.41, 5.74) is -0.140. The molecule has 1 fully saturated rings. The van der Waals surface area contributed by atoms with Gasteiger partial charge >= 0.3 is 5.97 Å². The molecule has 0 bridgehead atoms. The Labute approximate surface area is 104 Å². The van der Waals surface area contributed by atoms with Gasteiger partial charge in [-0.2, -0.15) is 0 Å². The fraction of sp³-hybridized carbons (Fsp3) is 0.417. The zero-order chi connectivity index (χ0) is 13.2. The van der Waals surface area contributed by atoms with Gasteiger partial charge in [0.2, 0.25) is 0 Å². The molecule has 0 amide bonds. The van der Waals surface area contributed by atoms with E-state index in [0.717, 1.165) is 13.0 Å². The molecule has 2 rings (SSSR count). The highest BCUT2D eigenvalue weighted by atomic mass is 16.6. The molecule has 18 heavy (non-hydrogen) atoms. The predicted molar refractivity (Wildman–Crippen MR) is 64.0 cm³/mol. The summed E-state index contributed by atoms with van der Waals surface area (Å²) in [5.74, 6) is -0.353. The SMILES string of the molecule is COC(=O)[C@]1(c2ccc([N+](=O)[O-])cc2)CCCN1. The van der Waals surface area contributed by atoms with E-state index < -0.39 is 10.5 Å². The van der Waals surface area contributed by atoms with Gasteiger partial charge in [-0.05, 0) is 37.1 Å². The van der Waals surface area contributed by atoms with Gasteiger partial charge in [0, 0.05) is 12.1 Å². The zero-order valence-electron chi connectivity index (χ0n) is 10.0. The molecular weight excluding hydrogens is 236 g/mol. The van der Waals surface area contributed by atoms with Gasteiger partial charge in [-0.1, -0.05) is 0 Å². The molecule has 1 aliphatic rings. The highest BCUT2D eigenvalue weighted by Crippen LogP contribution is 2.33. The summed E-state index contributed by atoms with van der Waals surface area (Å²) >= 11 is 0. The largest absolute Gasteiger partial charge is 0.467 e. The van der Waals surface area contributed by atoms with Crippen LogP contribution in [0.3, 0.4) is 0 Å². The number of hydrogen-bond acceptors (Lipinski definition) is 5. The number of esters is 1. The molecule has 6 heteroatoms. The minimum Gasteiger partial charge on any atom is -0.467 e. The van der Waals surface area contributed by atoms with Crippen molar-refractivity contribution in [1.29, 1.82) is 0 Å². The Morgan fingerprint density at radius 1 is 1.44 bits per heavy atom. The lowest BCUT2D eigenvalue weighted by atomic mass is 9.88. The van der Waals surface area contributed by atoms with E-state index in [1.165, 1.54) is 19.2 Å². The molecule has 1 atom stereocenters. The molecule has 1 saturated heterocycles. The molecule has 0 spiro atoms. The lowest BCUT2D eigenvalue weighted by Gasteiger charge is -2.26. The molecule has 0 aromatic heterocycles. The molecule has 0 unspecified atom stereocenters. The minimum atomic E-state index is -0.857. The maximum absolute atomic E-state index is 11.9. The molecule has 0 radical (unpaired) electrons. The number of hydrogen-bond donors (Lipinski definition) is 1. The quantitative estimate of drug-likeness (QED) is 0.497. The Morgan fingerprint density at radius 3 is 2.56 bits per heavy atom. The number of nitro benzene ring substituents is 1. The standard InChI is InChI=1S/C12H14N2O4/c1-18-11(15)12(7-2-8-13-12)9-3-5-10(6-4-9)14(16)17/h3-6,13H,2,7-8H2,1H3/t12-/m1/s1. The van der Waals surface area contributed by atoms with Crippen LogP contribution in [0.1, 0.15) is 18.4 Å². The normalized spacial score (nSPS) is 22.7. The van der Waals surface area contributed by atoms with Gasteiger partial charge in [0.25, 0.3) is 5.69 Å². The summed E-state index contributed by atoms with van der Waals surface area (Å²) in [6.07, 6.45) is 1.50. The highest BCUT2D eigenvalue weighted by Gasteiger charge is 2.43. The van der Waals surface area contributed by atoms with Crippen LogP contribution in [0.25, 0.3) is 0 Å². The lowest BCUT2D eigenvalue weighted by molar-refractivity contribution is -0.384. The van der Waals surface area contributed by atoms with Crippen LogP contribution in [0, 0.1) is 10.1 Å². The smallest absolute Gasteiger partial charge is 0.330 e. The first-order valence-corrected chi connectivity index (χ1v) is 5.68. The first kappa shape index (κ1) is 12.5. The monoisotopic (exact) mass is 250 g/mol. The molecular formula is C12H14N2O4. The summed E-state index contributed by atoms with van der Waals surface area (Å²) in [6, 6.07) is 6.01. The van der Waals surface area contributed by atoms with Crippen LogP contribution in [-0.4, -0.2) is 24.5 Å². The highest BCUT2D eigenvalue weighted by molar-refractivity contribution is 5.83. The van der Waals surface area contributed by atoms with Crippen LogP contribution in [0.4, 0.5) is 5.69 Å². The molecule has 1 N–H and O–H groups in total. The van der Waals surface area contributed by atoms with Gasteiger partial charge < -0.3 is 4.74 Å². The molecule has 1 aromatic rings. The van der Waals surface area contributed by atoms with E-state index in [1.807, 2.05) is 0 Å². The average molecular weight is 250 g/mol. The molecule has 0 aliphatic carbocycles. The Bertz CT molecular complexity index is 463. The number of nitrogens with one attached hydrogen (secondary N) is 1. The van der Waals surface area contributed by atoms with E-state index in [-0.39, 0.29) is 11.7 Å². The maximum atomic E-state index is 11.9. The summed E-state index contributed by atoms with van der Waals surface area (Å²) in [4.78, 5) is 22.1. The van der Waals surface area contributed by atoms with Crippen molar-refractivity contribution in [2.75, 3.05) is 13.7 Å². The average Bonchev–Trinajstić information content (AvgIpc) is 2.88. The molecule has 1 aromatic carbocycles. The third-order valence-electron chi connectivity index (χ3n) is 3.26. The van der Waals surface area contributed by atoms with Crippen molar-refractivity contribution >= 4 is 11.7 Å². The van der Waals surface area contributed by atoms with E-state index in [9.17, 15) is 14.9 Å². The van der Waals surface area contributed by atoms with Crippen LogP contribution < -0.4 is 5.32 Å². The third-order valence-corrected chi connectivity index (χ3v) is 3.26. The second kappa shape index (κ2) is 4.73. The first-order chi connectivity index (χ1) is 8.60. The lowest BCUT2D eigenvalue weighted by Crippen LogP contribution is -2.45.